The van der Waals surface area contributed by atoms with Crippen molar-refractivity contribution >= 4 is 5.91 Å². The van der Waals surface area contributed by atoms with Crippen LogP contribution >= 0.6 is 0 Å². The summed E-state index contributed by atoms with van der Waals surface area (Å²) in [5, 5.41) is 9.90. The zero-order valence-corrected chi connectivity index (χ0v) is 13.2. The van der Waals surface area contributed by atoms with Crippen molar-refractivity contribution in [3.8, 4) is 0 Å². The first-order chi connectivity index (χ1) is 9.45. The zero-order chi connectivity index (χ0) is 15.1. The summed E-state index contributed by atoms with van der Waals surface area (Å²) in [6.45, 7) is 10.3. The van der Waals surface area contributed by atoms with Crippen molar-refractivity contribution in [1.29, 1.82) is 0 Å². The maximum Gasteiger partial charge on any atom is 0.225 e. The monoisotopic (exact) mass is 282 g/mol. The third-order valence-electron chi connectivity index (χ3n) is 4.23. The van der Waals surface area contributed by atoms with Crippen LogP contribution in [0.25, 0.3) is 0 Å². The molecule has 1 fully saturated rings. The summed E-state index contributed by atoms with van der Waals surface area (Å²) in [5.74, 6) is 0.427. The molecule has 1 aliphatic heterocycles. The van der Waals surface area contributed by atoms with Gasteiger partial charge in [-0.3, -0.25) is 4.79 Å². The van der Waals surface area contributed by atoms with Gasteiger partial charge in [0.05, 0.1) is 6.10 Å². The van der Waals surface area contributed by atoms with Crippen molar-refractivity contribution in [2.75, 3.05) is 26.7 Å². The van der Waals surface area contributed by atoms with Gasteiger partial charge in [0.2, 0.25) is 5.91 Å². The summed E-state index contributed by atoms with van der Waals surface area (Å²) in [6.07, 6.45) is 5.01. The fraction of sp³-hybridized carbons (Fsp3) is 0.812. The van der Waals surface area contributed by atoms with Crippen LogP contribution in [0.2, 0.25) is 0 Å². The minimum Gasteiger partial charge on any atom is -0.392 e. The number of nitrogens with zero attached hydrogens (tertiary/aromatic N) is 2. The van der Waals surface area contributed by atoms with Gasteiger partial charge in [-0.05, 0) is 52.6 Å². The maximum atomic E-state index is 12.3. The smallest absolute Gasteiger partial charge is 0.225 e. The Morgan fingerprint density at radius 3 is 2.55 bits per heavy atom. The molecule has 20 heavy (non-hydrogen) atoms. The first kappa shape index (κ1) is 17.2. The van der Waals surface area contributed by atoms with E-state index in [2.05, 4.69) is 11.5 Å². The quantitative estimate of drug-likeness (QED) is 0.725. The molecule has 4 nitrogen and oxygen atoms in total. The minimum atomic E-state index is -0.279. The number of β-amino-alcohol motifs (C(OH)–C–C–N with tert-alkyl or cyclic N) is 1. The lowest BCUT2D eigenvalue weighted by Crippen LogP contribution is -2.44. The van der Waals surface area contributed by atoms with E-state index < -0.39 is 0 Å². The third-order valence-corrected chi connectivity index (χ3v) is 4.23. The van der Waals surface area contributed by atoms with E-state index in [0.717, 1.165) is 45.3 Å². The number of hydrogen-bond donors (Lipinski definition) is 1. The van der Waals surface area contributed by atoms with Gasteiger partial charge in [-0.2, -0.15) is 0 Å². The summed E-state index contributed by atoms with van der Waals surface area (Å²) < 4.78 is 0. The average Bonchev–Trinajstić information content (AvgIpc) is 2.44. The van der Waals surface area contributed by atoms with Crippen molar-refractivity contribution < 1.29 is 9.90 Å². The second kappa shape index (κ2) is 8.42. The van der Waals surface area contributed by atoms with Gasteiger partial charge in [-0.1, -0.05) is 6.08 Å². The van der Waals surface area contributed by atoms with Crippen LogP contribution in [0.5, 0.6) is 0 Å². The summed E-state index contributed by atoms with van der Waals surface area (Å²) in [4.78, 5) is 16.4. The summed E-state index contributed by atoms with van der Waals surface area (Å²) >= 11 is 0. The molecule has 1 aliphatic rings. The molecule has 0 spiro atoms. The van der Waals surface area contributed by atoms with Crippen LogP contribution in [0, 0.1) is 5.92 Å². The van der Waals surface area contributed by atoms with Crippen molar-refractivity contribution in [3.63, 3.8) is 0 Å². The van der Waals surface area contributed by atoms with Gasteiger partial charge in [0.15, 0.2) is 0 Å². The molecule has 1 N–H and O–H groups in total. The Morgan fingerprint density at radius 2 is 2.05 bits per heavy atom. The van der Waals surface area contributed by atoms with Gasteiger partial charge in [0.25, 0.3) is 0 Å². The molecule has 0 aromatic heterocycles. The normalized spacial score (nSPS) is 19.1. The number of hydrogen-bond acceptors (Lipinski definition) is 3. The molecular formula is C16H30N2O2. The predicted molar refractivity (Wildman–Crippen MR) is 82.5 cm³/mol. The topological polar surface area (TPSA) is 43.8 Å². The second-order valence-electron chi connectivity index (χ2n) is 6.14. The molecule has 116 valence electrons. The van der Waals surface area contributed by atoms with E-state index in [9.17, 15) is 9.90 Å². The molecule has 0 aromatic rings. The number of aliphatic hydroxyl groups excluding tert-OH is 1. The van der Waals surface area contributed by atoms with Gasteiger partial charge in [-0.15, -0.1) is 6.58 Å². The highest BCUT2D eigenvalue weighted by Gasteiger charge is 2.28. The molecule has 1 heterocycles. The SMILES string of the molecule is C=CCCC(O)CN1CCC(C(=O)N(C)C(C)C)CC1. The summed E-state index contributed by atoms with van der Waals surface area (Å²) in [5.41, 5.74) is 0. The first-order valence-corrected chi connectivity index (χ1v) is 7.73. The number of carbonyl (C=O) groups is 1. The van der Waals surface area contributed by atoms with Crippen LogP contribution < -0.4 is 0 Å². The summed E-state index contributed by atoms with van der Waals surface area (Å²) in [6, 6.07) is 0.265. The number of rotatable bonds is 7. The highest BCUT2D eigenvalue weighted by Crippen LogP contribution is 2.20. The Balaban J connectivity index is 2.32. The number of allylic oxidation sites excluding steroid dienone is 1. The summed E-state index contributed by atoms with van der Waals surface area (Å²) in [7, 11) is 1.89. The second-order valence-corrected chi connectivity index (χ2v) is 6.14. The van der Waals surface area contributed by atoms with Crippen LogP contribution in [0.3, 0.4) is 0 Å². The molecule has 1 unspecified atom stereocenters. The van der Waals surface area contributed by atoms with Crippen molar-refractivity contribution in [3.05, 3.63) is 12.7 Å². The van der Waals surface area contributed by atoms with Gasteiger partial charge >= 0.3 is 0 Å². The van der Waals surface area contributed by atoms with E-state index >= 15 is 0 Å². The van der Waals surface area contributed by atoms with Crippen LogP contribution in [0.4, 0.5) is 0 Å². The molecule has 1 amide bonds. The highest BCUT2D eigenvalue weighted by molar-refractivity contribution is 5.78. The van der Waals surface area contributed by atoms with Gasteiger partial charge in [0.1, 0.15) is 0 Å². The molecule has 1 saturated heterocycles. The van der Waals surface area contributed by atoms with E-state index in [0.29, 0.717) is 0 Å². The predicted octanol–water partition coefficient (Wildman–Crippen LogP) is 1.89. The fourth-order valence-corrected chi connectivity index (χ4v) is 2.60. The molecule has 0 radical (unpaired) electrons. The Kier molecular flexibility index (Phi) is 7.24. The van der Waals surface area contributed by atoms with Gasteiger partial charge in [0, 0.05) is 25.6 Å². The van der Waals surface area contributed by atoms with E-state index in [4.69, 9.17) is 0 Å². The highest BCUT2D eigenvalue weighted by atomic mass is 16.3. The fourth-order valence-electron chi connectivity index (χ4n) is 2.60. The first-order valence-electron chi connectivity index (χ1n) is 7.73. The van der Waals surface area contributed by atoms with E-state index in [-0.39, 0.29) is 24.0 Å². The van der Waals surface area contributed by atoms with Crippen LogP contribution in [0.15, 0.2) is 12.7 Å². The average molecular weight is 282 g/mol. The zero-order valence-electron chi connectivity index (χ0n) is 13.2. The van der Waals surface area contributed by atoms with Crippen LogP contribution in [-0.4, -0.2) is 59.6 Å². The number of carbonyl (C=O) groups excluding carboxylic acids is 1. The Bertz CT molecular complexity index is 310. The van der Waals surface area contributed by atoms with Crippen molar-refractivity contribution in [2.24, 2.45) is 5.92 Å². The number of likely N-dealkylation sites (tertiary alicyclic amines) is 1. The molecule has 0 saturated carbocycles. The lowest BCUT2D eigenvalue weighted by molar-refractivity contribution is -0.137. The molecule has 0 aromatic carbocycles. The minimum absolute atomic E-state index is 0.156. The van der Waals surface area contributed by atoms with E-state index in [1.807, 2.05) is 31.9 Å². The Morgan fingerprint density at radius 1 is 1.45 bits per heavy atom. The van der Waals surface area contributed by atoms with E-state index in [1.54, 1.807) is 0 Å². The molecule has 0 bridgehead atoms. The number of aliphatic hydroxyl groups is 1. The number of amides is 1. The Hall–Kier alpha value is -0.870. The van der Waals surface area contributed by atoms with Crippen LogP contribution in [-0.2, 0) is 4.79 Å². The molecule has 4 heteroatoms. The third kappa shape index (κ3) is 5.25. The molecule has 1 atom stereocenters. The Labute approximate surface area is 123 Å². The molecule has 0 aliphatic carbocycles. The van der Waals surface area contributed by atoms with E-state index in [1.165, 1.54) is 0 Å². The number of piperidine rings is 1. The molecule has 1 rings (SSSR count). The van der Waals surface area contributed by atoms with Crippen molar-refractivity contribution in [1.82, 2.24) is 9.80 Å². The van der Waals surface area contributed by atoms with Crippen LogP contribution in [0.1, 0.15) is 39.5 Å². The molecular weight excluding hydrogens is 252 g/mol. The van der Waals surface area contributed by atoms with Crippen molar-refractivity contribution in [2.45, 2.75) is 51.7 Å². The van der Waals surface area contributed by atoms with Gasteiger partial charge < -0.3 is 14.9 Å². The standard InChI is InChI=1S/C16H30N2O2/c1-5-6-7-15(19)12-18-10-8-14(9-11-18)16(20)17(4)13(2)3/h5,13-15,19H,1,6-12H2,2-4H3. The lowest BCUT2D eigenvalue weighted by atomic mass is 9.94. The lowest BCUT2D eigenvalue weighted by Gasteiger charge is -2.35. The maximum absolute atomic E-state index is 12.3. The van der Waals surface area contributed by atoms with Gasteiger partial charge in [-0.25, -0.2) is 0 Å². The largest absolute Gasteiger partial charge is 0.392 e.